The summed E-state index contributed by atoms with van der Waals surface area (Å²) in [5.74, 6) is -2.13. The van der Waals surface area contributed by atoms with Crippen molar-refractivity contribution in [3.8, 4) is 0 Å². The predicted molar refractivity (Wildman–Crippen MR) is 95.9 cm³/mol. The molecule has 0 aliphatic carbocycles. The van der Waals surface area contributed by atoms with Crippen LogP contribution in [0.15, 0.2) is 46.9 Å². The zero-order chi connectivity index (χ0) is 18.8. The van der Waals surface area contributed by atoms with Crippen molar-refractivity contribution in [1.82, 2.24) is 4.90 Å². The largest absolute Gasteiger partial charge is 0.465 e. The maximum atomic E-state index is 12.4. The number of carbonyl (C=O) groups is 4. The molecule has 1 heterocycles. The average molecular weight is 417 g/mol. The van der Waals surface area contributed by atoms with Crippen LogP contribution in [0.4, 0.5) is 5.69 Å². The van der Waals surface area contributed by atoms with Crippen molar-refractivity contribution in [3.05, 3.63) is 63.6 Å². The van der Waals surface area contributed by atoms with Crippen LogP contribution in [0.25, 0.3) is 0 Å². The van der Waals surface area contributed by atoms with Crippen molar-refractivity contribution in [2.75, 3.05) is 19.0 Å². The van der Waals surface area contributed by atoms with Gasteiger partial charge in [-0.25, -0.2) is 4.79 Å². The Balaban J connectivity index is 1.72. The standard InChI is InChI=1S/C18H13BrN2O5/c1-26-18(25)10-3-2-4-12(7-10)20-15(22)9-21-16(23)13-6-5-11(19)8-14(13)17(21)24/h2-8H,9H2,1H3,(H,20,22). The van der Waals surface area contributed by atoms with Crippen molar-refractivity contribution in [2.45, 2.75) is 0 Å². The van der Waals surface area contributed by atoms with Gasteiger partial charge in [0.1, 0.15) is 6.54 Å². The summed E-state index contributed by atoms with van der Waals surface area (Å²) < 4.78 is 5.29. The molecule has 0 saturated carbocycles. The number of anilines is 1. The quantitative estimate of drug-likeness (QED) is 0.610. The van der Waals surface area contributed by atoms with Crippen LogP contribution in [-0.4, -0.2) is 42.2 Å². The first-order valence-electron chi connectivity index (χ1n) is 7.54. The van der Waals surface area contributed by atoms with E-state index in [9.17, 15) is 19.2 Å². The average Bonchev–Trinajstić information content (AvgIpc) is 2.85. The molecule has 7 nitrogen and oxygen atoms in total. The van der Waals surface area contributed by atoms with Crippen LogP contribution in [0.5, 0.6) is 0 Å². The number of ether oxygens (including phenoxy) is 1. The van der Waals surface area contributed by atoms with E-state index >= 15 is 0 Å². The van der Waals surface area contributed by atoms with Crippen LogP contribution in [0.3, 0.4) is 0 Å². The molecule has 0 fully saturated rings. The fourth-order valence-electron chi connectivity index (χ4n) is 2.59. The molecule has 0 saturated heterocycles. The van der Waals surface area contributed by atoms with Gasteiger partial charge >= 0.3 is 5.97 Å². The fourth-order valence-corrected chi connectivity index (χ4v) is 2.95. The Hall–Kier alpha value is -3.00. The minimum atomic E-state index is -0.555. The number of nitrogens with zero attached hydrogens (tertiary/aromatic N) is 1. The molecule has 0 radical (unpaired) electrons. The van der Waals surface area contributed by atoms with Crippen LogP contribution in [0.2, 0.25) is 0 Å². The lowest BCUT2D eigenvalue weighted by atomic mass is 10.1. The minimum Gasteiger partial charge on any atom is -0.465 e. The highest BCUT2D eigenvalue weighted by molar-refractivity contribution is 9.10. The summed E-state index contributed by atoms with van der Waals surface area (Å²) in [5, 5.41) is 2.57. The summed E-state index contributed by atoms with van der Waals surface area (Å²) in [4.78, 5) is 49.4. The summed E-state index contributed by atoms with van der Waals surface area (Å²) in [6.45, 7) is -0.424. The Morgan fingerprint density at radius 3 is 2.54 bits per heavy atom. The van der Waals surface area contributed by atoms with Crippen LogP contribution < -0.4 is 5.32 Å². The van der Waals surface area contributed by atoms with E-state index in [1.165, 1.54) is 19.2 Å². The van der Waals surface area contributed by atoms with Crippen molar-refractivity contribution in [3.63, 3.8) is 0 Å². The van der Waals surface area contributed by atoms with Gasteiger partial charge in [0.15, 0.2) is 0 Å². The molecule has 26 heavy (non-hydrogen) atoms. The number of nitrogens with one attached hydrogen (secondary N) is 1. The second-order valence-corrected chi connectivity index (χ2v) is 6.42. The third kappa shape index (κ3) is 3.36. The van der Waals surface area contributed by atoms with Gasteiger partial charge in [0.05, 0.1) is 23.8 Å². The third-order valence-electron chi connectivity index (χ3n) is 3.80. The number of esters is 1. The fraction of sp³-hybridized carbons (Fsp3) is 0.111. The number of amides is 3. The van der Waals surface area contributed by atoms with Gasteiger partial charge in [0, 0.05) is 10.2 Å². The Kier molecular flexibility index (Phi) is 4.85. The lowest BCUT2D eigenvalue weighted by Crippen LogP contribution is -2.37. The topological polar surface area (TPSA) is 92.8 Å². The van der Waals surface area contributed by atoms with Gasteiger partial charge < -0.3 is 10.1 Å². The first-order chi connectivity index (χ1) is 12.4. The maximum absolute atomic E-state index is 12.4. The van der Waals surface area contributed by atoms with Gasteiger partial charge in [0.25, 0.3) is 11.8 Å². The van der Waals surface area contributed by atoms with Crippen molar-refractivity contribution in [1.29, 1.82) is 0 Å². The van der Waals surface area contributed by atoms with Gasteiger partial charge in [-0.05, 0) is 36.4 Å². The SMILES string of the molecule is COC(=O)c1cccc(NC(=O)CN2C(=O)c3ccc(Br)cc3C2=O)c1. The molecular weight excluding hydrogens is 404 g/mol. The summed E-state index contributed by atoms with van der Waals surface area (Å²) in [6.07, 6.45) is 0. The maximum Gasteiger partial charge on any atom is 0.337 e. The highest BCUT2D eigenvalue weighted by Crippen LogP contribution is 2.26. The second-order valence-electron chi connectivity index (χ2n) is 5.51. The smallest absolute Gasteiger partial charge is 0.337 e. The van der Waals surface area contributed by atoms with E-state index in [0.29, 0.717) is 10.2 Å². The zero-order valence-electron chi connectivity index (χ0n) is 13.6. The molecule has 0 unspecified atom stereocenters. The molecule has 1 N–H and O–H groups in total. The number of carbonyl (C=O) groups excluding carboxylic acids is 4. The second kappa shape index (κ2) is 7.09. The molecular formula is C18H13BrN2O5. The van der Waals surface area contributed by atoms with Gasteiger partial charge in [-0.1, -0.05) is 22.0 Å². The van der Waals surface area contributed by atoms with E-state index < -0.39 is 30.2 Å². The van der Waals surface area contributed by atoms with Crippen molar-refractivity contribution < 1.29 is 23.9 Å². The van der Waals surface area contributed by atoms with Crippen LogP contribution in [0.1, 0.15) is 31.1 Å². The molecule has 0 aromatic heterocycles. The summed E-state index contributed by atoms with van der Waals surface area (Å²) in [5.41, 5.74) is 1.15. The summed E-state index contributed by atoms with van der Waals surface area (Å²) in [7, 11) is 1.26. The van der Waals surface area contributed by atoms with Crippen LogP contribution in [0, 0.1) is 0 Å². The summed E-state index contributed by atoms with van der Waals surface area (Å²) in [6, 6.07) is 10.9. The Morgan fingerprint density at radius 1 is 1.08 bits per heavy atom. The molecule has 132 valence electrons. The highest BCUT2D eigenvalue weighted by Gasteiger charge is 2.36. The molecule has 8 heteroatoms. The van der Waals surface area contributed by atoms with E-state index in [2.05, 4.69) is 26.0 Å². The molecule has 2 aromatic carbocycles. The lowest BCUT2D eigenvalue weighted by Gasteiger charge is -2.14. The number of imide groups is 1. The van der Waals surface area contributed by atoms with E-state index in [1.807, 2.05) is 0 Å². The van der Waals surface area contributed by atoms with E-state index in [1.54, 1.807) is 30.3 Å². The molecule has 2 aromatic rings. The molecule has 1 aliphatic heterocycles. The molecule has 3 amide bonds. The van der Waals surface area contributed by atoms with Gasteiger partial charge in [-0.3, -0.25) is 19.3 Å². The molecule has 0 spiro atoms. The number of benzene rings is 2. The number of methoxy groups -OCH3 is 1. The Bertz CT molecular complexity index is 941. The monoisotopic (exact) mass is 416 g/mol. The Morgan fingerprint density at radius 2 is 1.81 bits per heavy atom. The number of halogens is 1. The highest BCUT2D eigenvalue weighted by atomic mass is 79.9. The number of fused-ring (bicyclic) bond motifs is 1. The van der Waals surface area contributed by atoms with Crippen LogP contribution in [-0.2, 0) is 9.53 Å². The molecule has 3 rings (SSSR count). The minimum absolute atomic E-state index is 0.255. The number of hydrogen-bond donors (Lipinski definition) is 1. The van der Waals surface area contributed by atoms with E-state index in [0.717, 1.165) is 4.90 Å². The molecule has 0 bridgehead atoms. The molecule has 1 aliphatic rings. The number of hydrogen-bond acceptors (Lipinski definition) is 5. The van der Waals surface area contributed by atoms with Gasteiger partial charge in [-0.15, -0.1) is 0 Å². The first-order valence-corrected chi connectivity index (χ1v) is 8.34. The zero-order valence-corrected chi connectivity index (χ0v) is 15.2. The van der Waals surface area contributed by atoms with Gasteiger partial charge in [0.2, 0.25) is 5.91 Å². The lowest BCUT2D eigenvalue weighted by molar-refractivity contribution is -0.116. The van der Waals surface area contributed by atoms with Crippen LogP contribution >= 0.6 is 15.9 Å². The Labute approximate surface area is 157 Å². The van der Waals surface area contributed by atoms with Crippen molar-refractivity contribution in [2.24, 2.45) is 0 Å². The van der Waals surface area contributed by atoms with E-state index in [-0.39, 0.29) is 16.7 Å². The van der Waals surface area contributed by atoms with Gasteiger partial charge in [-0.2, -0.15) is 0 Å². The predicted octanol–water partition coefficient (Wildman–Crippen LogP) is 2.47. The van der Waals surface area contributed by atoms with Crippen molar-refractivity contribution >= 4 is 45.3 Å². The van der Waals surface area contributed by atoms with E-state index in [4.69, 9.17) is 0 Å². The third-order valence-corrected chi connectivity index (χ3v) is 4.30. The normalized spacial score (nSPS) is 12.8. The summed E-state index contributed by atoms with van der Waals surface area (Å²) >= 11 is 3.25. The number of rotatable bonds is 4. The first kappa shape index (κ1) is 17.8. The molecule has 0 atom stereocenters.